The molecule has 1 aliphatic rings. The number of carbonyl (C=O) groups excluding carboxylic acids is 1. The lowest BCUT2D eigenvalue weighted by Crippen LogP contribution is -2.39. The van der Waals surface area contributed by atoms with Crippen LogP contribution in [0.5, 0.6) is 0 Å². The molecule has 8 heteroatoms. The summed E-state index contributed by atoms with van der Waals surface area (Å²) in [5, 5.41) is 2.25. The molecule has 4 aromatic rings. The molecule has 5 rings (SSSR count). The first-order chi connectivity index (χ1) is 15.8. The van der Waals surface area contributed by atoms with Crippen LogP contribution in [-0.4, -0.2) is 36.3 Å². The molecule has 1 amide bonds. The summed E-state index contributed by atoms with van der Waals surface area (Å²) in [5.74, 6) is -0.0376. The highest BCUT2D eigenvalue weighted by Gasteiger charge is 2.28. The van der Waals surface area contributed by atoms with Gasteiger partial charge >= 0.3 is 0 Å². The molecule has 0 aliphatic carbocycles. The molecular weight excluding hydrogens is 454 g/mol. The van der Waals surface area contributed by atoms with Crippen molar-refractivity contribution >= 4 is 48.3 Å². The van der Waals surface area contributed by atoms with Crippen molar-refractivity contribution in [1.29, 1.82) is 0 Å². The Morgan fingerprint density at radius 2 is 1.82 bits per heavy atom. The van der Waals surface area contributed by atoms with Gasteiger partial charge in [-0.1, -0.05) is 48.6 Å². The number of sulfonamides is 1. The van der Waals surface area contributed by atoms with Crippen LogP contribution >= 0.6 is 11.3 Å². The minimum Gasteiger partial charge on any atom is -0.319 e. The molecule has 0 spiro atoms. The van der Waals surface area contributed by atoms with E-state index in [2.05, 4.69) is 30.1 Å². The zero-order valence-corrected chi connectivity index (χ0v) is 20.2. The molecule has 33 heavy (non-hydrogen) atoms. The van der Waals surface area contributed by atoms with E-state index in [4.69, 9.17) is 0 Å². The van der Waals surface area contributed by atoms with E-state index in [1.54, 1.807) is 16.4 Å². The summed E-state index contributed by atoms with van der Waals surface area (Å²) in [5.41, 5.74) is 1.41. The molecule has 0 radical (unpaired) electrons. The molecule has 3 aromatic carbocycles. The number of amides is 1. The summed E-state index contributed by atoms with van der Waals surface area (Å²) in [6, 6.07) is 18.4. The van der Waals surface area contributed by atoms with Crippen molar-refractivity contribution in [2.45, 2.75) is 24.7 Å². The molecule has 1 atom stereocenters. The largest absolute Gasteiger partial charge is 0.319 e. The molecule has 0 saturated carbocycles. The minimum absolute atomic E-state index is 0.215. The van der Waals surface area contributed by atoms with Crippen LogP contribution in [0.3, 0.4) is 0 Å². The number of hydrogen-bond donors (Lipinski definition) is 0. The Balaban J connectivity index is 1.46. The fourth-order valence-corrected chi connectivity index (χ4v) is 7.09. The van der Waals surface area contributed by atoms with E-state index in [9.17, 15) is 13.2 Å². The normalized spacial score (nSPS) is 18.2. The summed E-state index contributed by atoms with van der Waals surface area (Å²) < 4.78 is 30.5. The molecule has 1 aliphatic heterocycles. The highest BCUT2D eigenvalue weighted by Crippen LogP contribution is 2.27. The number of benzene rings is 3. The number of hydrogen-bond acceptors (Lipinski definition) is 4. The van der Waals surface area contributed by atoms with Gasteiger partial charge in [0.05, 0.1) is 15.1 Å². The summed E-state index contributed by atoms with van der Waals surface area (Å²) in [6.07, 6.45) is 1.92. The Hall–Kier alpha value is -2.81. The van der Waals surface area contributed by atoms with Crippen LogP contribution in [0.25, 0.3) is 21.0 Å². The predicted molar refractivity (Wildman–Crippen MR) is 132 cm³/mol. The van der Waals surface area contributed by atoms with Crippen LogP contribution in [0.2, 0.25) is 0 Å². The topological polar surface area (TPSA) is 71.7 Å². The fourth-order valence-electron chi connectivity index (χ4n) is 4.46. The molecule has 2 heterocycles. The first-order valence-corrected chi connectivity index (χ1v) is 13.3. The number of fused-ring (bicyclic) bond motifs is 3. The maximum atomic E-state index is 13.0. The van der Waals surface area contributed by atoms with E-state index in [1.807, 2.05) is 29.8 Å². The minimum atomic E-state index is -3.55. The van der Waals surface area contributed by atoms with Gasteiger partial charge in [-0.05, 0) is 54.5 Å². The Labute approximate surface area is 196 Å². The van der Waals surface area contributed by atoms with Crippen LogP contribution in [0, 0.1) is 5.92 Å². The molecular formula is C25H25N3O3S2. The summed E-state index contributed by atoms with van der Waals surface area (Å²) >= 11 is 1.46. The first-order valence-electron chi connectivity index (χ1n) is 11.0. The molecule has 1 unspecified atom stereocenters. The fraction of sp³-hybridized carbons (Fsp3) is 0.280. The third kappa shape index (κ3) is 4.03. The zero-order valence-electron chi connectivity index (χ0n) is 18.6. The number of aryl methyl sites for hydroxylation is 1. The molecule has 1 fully saturated rings. The highest BCUT2D eigenvalue weighted by molar-refractivity contribution is 7.89. The van der Waals surface area contributed by atoms with Gasteiger partial charge in [0.15, 0.2) is 4.80 Å². The van der Waals surface area contributed by atoms with Gasteiger partial charge in [0.1, 0.15) is 0 Å². The smallest absolute Gasteiger partial charge is 0.279 e. The molecule has 6 nitrogen and oxygen atoms in total. The van der Waals surface area contributed by atoms with Gasteiger partial charge < -0.3 is 4.57 Å². The van der Waals surface area contributed by atoms with Gasteiger partial charge in [-0.25, -0.2) is 8.42 Å². The van der Waals surface area contributed by atoms with Crippen molar-refractivity contribution in [2.75, 3.05) is 13.1 Å². The third-order valence-electron chi connectivity index (χ3n) is 6.24. The quantitative estimate of drug-likeness (QED) is 0.433. The van der Waals surface area contributed by atoms with Crippen molar-refractivity contribution < 1.29 is 13.2 Å². The molecule has 1 saturated heterocycles. The van der Waals surface area contributed by atoms with Gasteiger partial charge in [0.2, 0.25) is 10.0 Å². The van der Waals surface area contributed by atoms with Crippen LogP contribution in [0.1, 0.15) is 30.1 Å². The van der Waals surface area contributed by atoms with Crippen molar-refractivity contribution in [3.05, 3.63) is 71.0 Å². The average Bonchev–Trinajstić information content (AvgIpc) is 3.14. The van der Waals surface area contributed by atoms with Gasteiger partial charge in [-0.3, -0.25) is 4.79 Å². The first kappa shape index (κ1) is 22.0. The lowest BCUT2D eigenvalue weighted by molar-refractivity contribution is 0.0998. The third-order valence-corrected chi connectivity index (χ3v) is 9.22. The Morgan fingerprint density at radius 1 is 1.06 bits per heavy atom. The monoisotopic (exact) mass is 479 g/mol. The predicted octanol–water partition coefficient (Wildman–Crippen LogP) is 4.55. The van der Waals surface area contributed by atoms with E-state index in [0.29, 0.717) is 29.4 Å². The van der Waals surface area contributed by atoms with E-state index < -0.39 is 15.9 Å². The second-order valence-electron chi connectivity index (χ2n) is 8.63. The lowest BCUT2D eigenvalue weighted by atomic mass is 10.0. The van der Waals surface area contributed by atoms with Crippen molar-refractivity contribution in [3.63, 3.8) is 0 Å². The van der Waals surface area contributed by atoms with E-state index >= 15 is 0 Å². The second-order valence-corrected chi connectivity index (χ2v) is 11.6. The highest BCUT2D eigenvalue weighted by atomic mass is 32.2. The van der Waals surface area contributed by atoms with Gasteiger partial charge in [0, 0.05) is 31.1 Å². The van der Waals surface area contributed by atoms with Crippen molar-refractivity contribution in [3.8, 4) is 0 Å². The maximum absolute atomic E-state index is 13.0. The average molecular weight is 480 g/mol. The number of rotatable bonds is 3. The lowest BCUT2D eigenvalue weighted by Gasteiger charge is -2.30. The second kappa shape index (κ2) is 8.52. The molecule has 170 valence electrons. The molecule has 1 aromatic heterocycles. The van der Waals surface area contributed by atoms with Gasteiger partial charge in [0.25, 0.3) is 5.91 Å². The van der Waals surface area contributed by atoms with Crippen molar-refractivity contribution in [2.24, 2.45) is 18.0 Å². The van der Waals surface area contributed by atoms with E-state index in [1.165, 1.54) is 23.5 Å². The number of aromatic nitrogens is 1. The standard InChI is InChI=1S/C25H25N3O3S2/c1-17-6-5-15-28(16-17)33(30,31)20-12-9-19(10-13-20)24(29)26-25-27(2)23-21-8-4-3-7-18(21)11-14-22(23)32-25/h3-4,7-14,17H,5-6,15-16H2,1-2H3. The van der Waals surface area contributed by atoms with E-state index in [-0.39, 0.29) is 4.90 Å². The van der Waals surface area contributed by atoms with Crippen LogP contribution in [0.15, 0.2) is 70.6 Å². The Morgan fingerprint density at radius 3 is 2.58 bits per heavy atom. The van der Waals surface area contributed by atoms with Crippen LogP contribution < -0.4 is 4.80 Å². The summed E-state index contributed by atoms with van der Waals surface area (Å²) in [7, 11) is -1.64. The van der Waals surface area contributed by atoms with Gasteiger partial charge in [-0.15, -0.1) is 0 Å². The summed E-state index contributed by atoms with van der Waals surface area (Å²) in [4.78, 5) is 18.0. The Kier molecular flexibility index (Phi) is 5.68. The molecule has 0 N–H and O–H groups in total. The zero-order chi connectivity index (χ0) is 23.2. The number of thiazole rings is 1. The van der Waals surface area contributed by atoms with Crippen molar-refractivity contribution in [1.82, 2.24) is 8.87 Å². The summed E-state index contributed by atoms with van der Waals surface area (Å²) in [6.45, 7) is 3.15. The van der Waals surface area contributed by atoms with Gasteiger partial charge in [-0.2, -0.15) is 9.30 Å². The van der Waals surface area contributed by atoms with E-state index in [0.717, 1.165) is 33.8 Å². The number of carbonyl (C=O) groups is 1. The number of nitrogens with zero attached hydrogens (tertiary/aromatic N) is 3. The van der Waals surface area contributed by atoms with Crippen LogP contribution in [0.4, 0.5) is 0 Å². The van der Waals surface area contributed by atoms with Crippen LogP contribution in [-0.2, 0) is 17.1 Å². The maximum Gasteiger partial charge on any atom is 0.279 e. The number of piperidine rings is 1. The SMILES string of the molecule is CC1CCCN(S(=O)(=O)c2ccc(C(=O)N=c3sc4ccc5ccccc5c4n3C)cc2)C1. The Bertz CT molecular complexity index is 1530. The molecule has 0 bridgehead atoms.